The number of amides is 6. The standard InChI is InChI=1S/C66H85N13O18/c1-41(2)61(72-63(94)48(22-23-53(81)82)69-64(95)50(33-54(83)84)68-52(80)37-75-24-26-76(38-56(87)88)28-30-78(40-58(91)92)31-29-77(27-25-75)39-57(89)90)66(97)71-51(34-55(85)86)65(96)70-49(62(67)93)32-47-36-79(74-73-47)35-42-18-20-46(21-19-42)60(45-16-10-5-11-17-45)59(43-12-6-3-7-13-43)44-14-8-4-9-15-44/h3-21,36,41,48-51,59-61,73-74H,22-35,37-40H2,1-2H3,(H2,67,93)(H,68,80)(H,69,95)(H,70,96)(H,71,97)(H,72,94)(H,81,82)(H,83,84)(H,85,86)(H,87,88)(H,89,90)(H,91,92)/t48-,49?,50?,51?,60?,61-/m0/s1. The third-order valence-corrected chi connectivity index (χ3v) is 16.2. The van der Waals surface area contributed by atoms with Gasteiger partial charge in [-0.3, -0.25) is 82.1 Å². The summed E-state index contributed by atoms with van der Waals surface area (Å²) in [6.07, 6.45) is -2.11. The number of carbonyl (C=O) groups is 12. The molecular weight excluding hydrogens is 1260 g/mol. The van der Waals surface area contributed by atoms with E-state index in [1.165, 1.54) is 33.4 Å². The van der Waals surface area contributed by atoms with Crippen molar-refractivity contribution in [3.05, 3.63) is 155 Å². The monoisotopic (exact) mass is 1350 g/mol. The molecule has 0 saturated carbocycles. The Hall–Kier alpha value is -10.3. The molecule has 6 atom stereocenters. The number of aliphatic carboxylic acids is 6. The molecule has 2 aliphatic heterocycles. The molecule has 1 saturated heterocycles. The van der Waals surface area contributed by atoms with Crippen molar-refractivity contribution >= 4 is 71.3 Å². The summed E-state index contributed by atoms with van der Waals surface area (Å²) in [4.78, 5) is 160. The van der Waals surface area contributed by atoms with Gasteiger partial charge in [-0.05, 0) is 40.2 Å². The molecule has 6 amide bonds. The van der Waals surface area contributed by atoms with Crippen LogP contribution in [0, 0.1) is 5.92 Å². The van der Waals surface area contributed by atoms with Crippen LogP contribution in [0.1, 0.15) is 85.6 Å². The number of carboxylic acid groups (broad SMARTS) is 6. The van der Waals surface area contributed by atoms with Crippen LogP contribution in [0.2, 0.25) is 0 Å². The fraction of sp³-hybridized carbons (Fsp3) is 0.424. The molecule has 4 aromatic carbocycles. The average Bonchev–Trinajstić information content (AvgIpc) is 0.812. The Bertz CT molecular complexity index is 3330. The van der Waals surface area contributed by atoms with Crippen LogP contribution in [0.25, 0.3) is 0 Å². The first kappa shape index (κ1) is 75.7. The van der Waals surface area contributed by atoms with Crippen LogP contribution in [0.5, 0.6) is 0 Å². The van der Waals surface area contributed by atoms with E-state index in [-0.39, 0.29) is 70.6 Å². The van der Waals surface area contributed by atoms with Gasteiger partial charge in [0, 0.05) is 88.9 Å². The number of hydrogen-bond donors (Lipinski definition) is 14. The van der Waals surface area contributed by atoms with Crippen molar-refractivity contribution in [1.29, 1.82) is 0 Å². The summed E-state index contributed by atoms with van der Waals surface area (Å²) in [7, 11) is 0. The maximum atomic E-state index is 14.1. The van der Waals surface area contributed by atoms with Crippen molar-refractivity contribution in [3.8, 4) is 0 Å². The molecule has 0 aliphatic carbocycles. The first-order valence-corrected chi connectivity index (χ1v) is 31.4. The quantitative estimate of drug-likeness (QED) is 0.0278. The smallest absolute Gasteiger partial charge is 0.317 e. The second-order valence-corrected chi connectivity index (χ2v) is 24.0. The molecule has 0 bridgehead atoms. The summed E-state index contributed by atoms with van der Waals surface area (Å²) in [6.45, 7) is 1.64. The number of nitrogens with two attached hydrogens (primary N) is 1. The molecule has 97 heavy (non-hydrogen) atoms. The number of carbonyl (C=O) groups excluding carboxylic acids is 6. The van der Waals surface area contributed by atoms with E-state index in [2.05, 4.69) is 86.1 Å². The normalized spacial score (nSPS) is 16.2. The highest BCUT2D eigenvalue weighted by molar-refractivity contribution is 5.98. The second-order valence-electron chi connectivity index (χ2n) is 24.0. The second kappa shape index (κ2) is 37.7. The lowest BCUT2D eigenvalue weighted by molar-refractivity contribution is -0.142. The Morgan fingerprint density at radius 2 is 0.825 bits per heavy atom. The van der Waals surface area contributed by atoms with Crippen LogP contribution in [0.4, 0.5) is 0 Å². The van der Waals surface area contributed by atoms with E-state index >= 15 is 0 Å². The molecule has 31 heteroatoms. The summed E-state index contributed by atoms with van der Waals surface area (Å²) in [5, 5.41) is 71.4. The number of rotatable bonds is 35. The molecule has 522 valence electrons. The Balaban J connectivity index is 1.10. The van der Waals surface area contributed by atoms with E-state index in [0.29, 0.717) is 12.2 Å². The lowest BCUT2D eigenvalue weighted by Gasteiger charge is -2.33. The van der Waals surface area contributed by atoms with Gasteiger partial charge in [0.15, 0.2) is 0 Å². The van der Waals surface area contributed by atoms with Gasteiger partial charge in [-0.15, -0.1) is 5.53 Å². The van der Waals surface area contributed by atoms with Crippen LogP contribution in [0.15, 0.2) is 127 Å². The average molecular weight is 1350 g/mol. The highest BCUT2D eigenvalue weighted by Crippen LogP contribution is 2.43. The van der Waals surface area contributed by atoms with E-state index in [1.54, 1.807) is 11.2 Å². The van der Waals surface area contributed by atoms with Gasteiger partial charge in [0.2, 0.25) is 35.4 Å². The maximum Gasteiger partial charge on any atom is 0.317 e. The Morgan fingerprint density at radius 3 is 1.22 bits per heavy atom. The van der Waals surface area contributed by atoms with E-state index in [9.17, 15) is 88.2 Å². The van der Waals surface area contributed by atoms with Gasteiger partial charge < -0.3 is 68.4 Å². The minimum absolute atomic E-state index is 0.00827. The van der Waals surface area contributed by atoms with E-state index < -0.39 is 159 Å². The fourth-order valence-corrected chi connectivity index (χ4v) is 11.3. The van der Waals surface area contributed by atoms with Crippen molar-refractivity contribution in [2.24, 2.45) is 11.7 Å². The Labute approximate surface area is 559 Å². The number of nitrogens with one attached hydrogen (secondary N) is 7. The first-order valence-electron chi connectivity index (χ1n) is 31.4. The van der Waals surface area contributed by atoms with Crippen LogP contribution in [-0.4, -0.2) is 235 Å². The molecule has 4 unspecified atom stereocenters. The minimum atomic E-state index is -1.92. The number of benzene rings is 4. The molecule has 2 heterocycles. The number of carboxylic acids is 6. The molecule has 0 radical (unpaired) electrons. The Kier molecular flexibility index (Phi) is 29.4. The van der Waals surface area contributed by atoms with E-state index in [0.717, 1.165) is 27.8 Å². The predicted octanol–water partition coefficient (Wildman–Crippen LogP) is -0.438. The van der Waals surface area contributed by atoms with Crippen molar-refractivity contribution in [3.63, 3.8) is 0 Å². The number of hydrogen-bond acceptors (Lipinski definition) is 19. The van der Waals surface area contributed by atoms with Gasteiger partial charge in [0.05, 0.1) is 45.6 Å². The third kappa shape index (κ3) is 25.4. The topological polar surface area (TPSA) is 453 Å². The zero-order valence-electron chi connectivity index (χ0n) is 53.8. The molecule has 1 fully saturated rings. The molecule has 15 N–H and O–H groups in total. The highest BCUT2D eigenvalue weighted by atomic mass is 16.4. The van der Waals surface area contributed by atoms with Crippen LogP contribution in [0.3, 0.4) is 0 Å². The van der Waals surface area contributed by atoms with Gasteiger partial charge in [0.1, 0.15) is 30.2 Å². The number of primary amides is 1. The first-order chi connectivity index (χ1) is 46.2. The Morgan fingerprint density at radius 1 is 0.443 bits per heavy atom. The summed E-state index contributed by atoms with van der Waals surface area (Å²) in [5.41, 5.74) is 17.5. The summed E-state index contributed by atoms with van der Waals surface area (Å²) in [5.74, 6) is -15.8. The molecule has 31 nitrogen and oxygen atoms in total. The largest absolute Gasteiger partial charge is 0.481 e. The maximum absolute atomic E-state index is 14.1. The molecular formula is C66H85N13O18. The molecule has 0 aromatic heterocycles. The third-order valence-electron chi connectivity index (χ3n) is 16.2. The summed E-state index contributed by atoms with van der Waals surface area (Å²) in [6, 6.07) is 30.4. The van der Waals surface area contributed by atoms with Crippen molar-refractivity contribution < 1.29 is 88.2 Å². The van der Waals surface area contributed by atoms with Gasteiger partial charge >= 0.3 is 35.8 Å². The lowest BCUT2D eigenvalue weighted by Crippen LogP contribution is -2.60. The fourth-order valence-electron chi connectivity index (χ4n) is 11.3. The SMILES string of the molecule is CC(C)[C@H](NC(=O)[C@H](CCC(=O)O)NC(=O)C(CC(=O)O)NC(=O)CN1CCN(CC(=O)O)CCN(CC(=O)O)CCN(CC(=O)O)CC1)C(=O)NC(CC(=O)O)C(=O)NC(CC1=CN(Cc2ccc(C(c3ccccc3)C(c3ccccc3)c3ccccc3)cc2)NN1)C(N)=O. The van der Waals surface area contributed by atoms with Crippen LogP contribution >= 0.6 is 0 Å². The van der Waals surface area contributed by atoms with E-state index in [4.69, 9.17) is 5.73 Å². The lowest BCUT2D eigenvalue weighted by atomic mass is 9.73. The molecule has 0 spiro atoms. The zero-order chi connectivity index (χ0) is 70.7. The van der Waals surface area contributed by atoms with E-state index in [1.807, 2.05) is 66.7 Å². The van der Waals surface area contributed by atoms with Gasteiger partial charge in [-0.25, -0.2) is 0 Å². The number of hydrazine groups is 2. The van der Waals surface area contributed by atoms with Crippen LogP contribution in [-0.2, 0) is 64.1 Å². The molecule has 2 aliphatic rings. The van der Waals surface area contributed by atoms with Crippen molar-refractivity contribution in [1.82, 2.24) is 62.2 Å². The van der Waals surface area contributed by atoms with Gasteiger partial charge in [-0.2, -0.15) is 0 Å². The van der Waals surface area contributed by atoms with Gasteiger partial charge in [-0.1, -0.05) is 129 Å². The molecule has 4 aromatic rings. The summed E-state index contributed by atoms with van der Waals surface area (Å²) < 4.78 is 0. The van der Waals surface area contributed by atoms with Crippen molar-refractivity contribution in [2.75, 3.05) is 78.5 Å². The summed E-state index contributed by atoms with van der Waals surface area (Å²) >= 11 is 0. The highest BCUT2D eigenvalue weighted by Gasteiger charge is 2.36. The zero-order valence-corrected chi connectivity index (χ0v) is 53.8. The number of nitrogens with zero attached hydrogens (tertiary/aromatic N) is 5. The minimum Gasteiger partial charge on any atom is -0.481 e. The predicted molar refractivity (Wildman–Crippen MR) is 348 cm³/mol. The van der Waals surface area contributed by atoms with Crippen molar-refractivity contribution in [2.45, 2.75) is 94.5 Å². The molecule has 6 rings (SSSR count). The van der Waals surface area contributed by atoms with Gasteiger partial charge in [0.25, 0.3) is 0 Å². The van der Waals surface area contributed by atoms with Crippen LogP contribution < -0.4 is 43.3 Å².